The number of amides is 2. The number of benzene rings is 3. The third-order valence-electron chi connectivity index (χ3n) is 8.97. The fourth-order valence-electron chi connectivity index (χ4n) is 6.39. The number of nitrogens with zero attached hydrogens (tertiary/aromatic N) is 5. The summed E-state index contributed by atoms with van der Waals surface area (Å²) in [5.41, 5.74) is -0.972. The number of carbonyl (C=O) groups excluding carboxylic acids is 2. The van der Waals surface area contributed by atoms with Gasteiger partial charge in [0.2, 0.25) is 5.91 Å². The van der Waals surface area contributed by atoms with Gasteiger partial charge in [0.1, 0.15) is 0 Å². The Hall–Kier alpha value is -5.20. The number of aliphatic hydroxyl groups excluding tert-OH is 1. The summed E-state index contributed by atoms with van der Waals surface area (Å²) in [5.74, 6) is -1.64. The van der Waals surface area contributed by atoms with Gasteiger partial charge in [0.05, 0.1) is 47.1 Å². The molecule has 3 aromatic carbocycles. The zero-order valence-corrected chi connectivity index (χ0v) is 25.2. The molecule has 1 saturated heterocycles. The van der Waals surface area contributed by atoms with Crippen molar-refractivity contribution >= 4 is 34.0 Å². The average Bonchev–Trinajstić information content (AvgIpc) is 3.63. The molecule has 3 heterocycles. The van der Waals surface area contributed by atoms with E-state index in [0.717, 1.165) is 18.2 Å². The number of hydrogen-bond donors (Lipinski definition) is 2. The molecule has 0 radical (unpaired) electrons. The fourth-order valence-corrected chi connectivity index (χ4v) is 6.39. The van der Waals surface area contributed by atoms with Crippen molar-refractivity contribution in [2.75, 3.05) is 18.1 Å². The number of nitro benzene ring substituents is 1. The first-order valence-electron chi connectivity index (χ1n) is 15.1. The van der Waals surface area contributed by atoms with E-state index in [2.05, 4.69) is 5.10 Å². The predicted octanol–water partition coefficient (Wildman–Crippen LogP) is 3.59. The van der Waals surface area contributed by atoms with E-state index >= 15 is 0 Å². The van der Waals surface area contributed by atoms with Crippen LogP contribution in [0.4, 0.5) is 11.4 Å². The molecule has 46 heavy (non-hydrogen) atoms. The second kappa shape index (κ2) is 12.3. The summed E-state index contributed by atoms with van der Waals surface area (Å²) < 4.78 is 1.30. The molecule has 0 saturated carbocycles. The second-order valence-electron chi connectivity index (χ2n) is 11.7. The van der Waals surface area contributed by atoms with E-state index in [1.165, 1.54) is 27.8 Å². The maximum atomic E-state index is 14.0. The Morgan fingerprint density at radius 3 is 2.65 bits per heavy atom. The van der Waals surface area contributed by atoms with Gasteiger partial charge in [-0.05, 0) is 42.7 Å². The van der Waals surface area contributed by atoms with Gasteiger partial charge in [-0.2, -0.15) is 9.78 Å². The molecule has 1 aromatic heterocycles. The SMILES string of the molecule is C[C@@H](/C=C/CC(=O)N1CCC[C@H]1CO)[C@]1(O)C(=O)N(Cc2ccc(-n3ncc4ccccc4c3=O)cc2)c2ccc([N+](=O)[O-])cc21. The summed E-state index contributed by atoms with van der Waals surface area (Å²) in [6, 6.07) is 17.9. The Morgan fingerprint density at radius 2 is 1.91 bits per heavy atom. The first kappa shape index (κ1) is 30.8. The van der Waals surface area contributed by atoms with E-state index in [4.69, 9.17) is 0 Å². The van der Waals surface area contributed by atoms with Crippen LogP contribution in [-0.2, 0) is 21.7 Å². The molecule has 0 bridgehead atoms. The quantitative estimate of drug-likeness (QED) is 0.163. The molecule has 12 nitrogen and oxygen atoms in total. The monoisotopic (exact) mass is 623 g/mol. The largest absolute Gasteiger partial charge is 0.394 e. The van der Waals surface area contributed by atoms with Crippen LogP contribution in [0.5, 0.6) is 0 Å². The topological polar surface area (TPSA) is 159 Å². The number of anilines is 1. The lowest BCUT2D eigenvalue weighted by molar-refractivity contribution is -0.385. The lowest BCUT2D eigenvalue weighted by Gasteiger charge is -2.28. The fraction of sp³-hybridized carbons (Fsp3) is 0.294. The molecule has 0 spiro atoms. The van der Waals surface area contributed by atoms with Gasteiger partial charge in [-0.25, -0.2) is 0 Å². The highest BCUT2D eigenvalue weighted by molar-refractivity contribution is 6.07. The first-order valence-corrected chi connectivity index (χ1v) is 15.1. The molecule has 3 atom stereocenters. The lowest BCUT2D eigenvalue weighted by atomic mass is 9.82. The van der Waals surface area contributed by atoms with Gasteiger partial charge in [0.25, 0.3) is 17.2 Å². The van der Waals surface area contributed by atoms with E-state index in [1.54, 1.807) is 66.6 Å². The molecular formula is C34H33N5O7. The Morgan fingerprint density at radius 1 is 1.15 bits per heavy atom. The van der Waals surface area contributed by atoms with Crippen molar-refractivity contribution < 1.29 is 24.7 Å². The third kappa shape index (κ3) is 5.35. The number of rotatable bonds is 9. The number of non-ortho nitro benzene ring substituents is 1. The molecule has 2 aliphatic heterocycles. The molecular weight excluding hydrogens is 590 g/mol. The number of nitro groups is 1. The molecule has 2 N–H and O–H groups in total. The predicted molar refractivity (Wildman–Crippen MR) is 170 cm³/mol. The van der Waals surface area contributed by atoms with Crippen LogP contribution >= 0.6 is 0 Å². The molecule has 236 valence electrons. The van der Waals surface area contributed by atoms with Gasteiger partial charge < -0.3 is 20.0 Å². The molecule has 2 aliphatic rings. The van der Waals surface area contributed by atoms with Gasteiger partial charge in [-0.3, -0.25) is 24.5 Å². The van der Waals surface area contributed by atoms with Crippen molar-refractivity contribution in [3.05, 3.63) is 117 Å². The van der Waals surface area contributed by atoms with Crippen LogP contribution < -0.4 is 10.5 Å². The van der Waals surface area contributed by atoms with Gasteiger partial charge >= 0.3 is 0 Å². The van der Waals surface area contributed by atoms with Gasteiger partial charge in [0, 0.05) is 42.0 Å². The van der Waals surface area contributed by atoms with E-state index in [1.807, 2.05) is 12.1 Å². The maximum absolute atomic E-state index is 14.0. The van der Waals surface area contributed by atoms with E-state index in [-0.39, 0.29) is 48.3 Å². The summed E-state index contributed by atoms with van der Waals surface area (Å²) in [4.78, 5) is 53.8. The highest BCUT2D eigenvalue weighted by Crippen LogP contribution is 2.47. The van der Waals surface area contributed by atoms with Gasteiger partial charge in [0.15, 0.2) is 5.60 Å². The Balaban J connectivity index is 1.26. The lowest BCUT2D eigenvalue weighted by Crippen LogP contribution is -2.44. The number of aromatic nitrogens is 2. The Labute approximate surface area is 263 Å². The normalized spacial score (nSPS) is 20.1. The molecule has 0 unspecified atom stereocenters. The minimum atomic E-state index is -2.12. The molecule has 2 amide bonds. The van der Waals surface area contributed by atoms with Crippen LogP contribution in [0.2, 0.25) is 0 Å². The molecule has 12 heteroatoms. The zero-order valence-electron chi connectivity index (χ0n) is 25.2. The van der Waals surface area contributed by atoms with Crippen LogP contribution in [0.1, 0.15) is 37.3 Å². The van der Waals surface area contributed by atoms with Crippen LogP contribution in [0.3, 0.4) is 0 Å². The Kier molecular flexibility index (Phi) is 8.24. The number of likely N-dealkylation sites (tertiary alicyclic amines) is 1. The minimum absolute atomic E-state index is 0.0259. The van der Waals surface area contributed by atoms with E-state index < -0.39 is 22.3 Å². The average molecular weight is 624 g/mol. The zero-order chi connectivity index (χ0) is 32.6. The summed E-state index contributed by atoms with van der Waals surface area (Å²) in [7, 11) is 0. The Bertz CT molecular complexity index is 1920. The smallest absolute Gasteiger partial charge is 0.279 e. The summed E-state index contributed by atoms with van der Waals surface area (Å²) >= 11 is 0. The number of carbonyl (C=O) groups is 2. The first-order chi connectivity index (χ1) is 22.1. The number of fused-ring (bicyclic) bond motifs is 2. The molecule has 4 aromatic rings. The summed E-state index contributed by atoms with van der Waals surface area (Å²) in [6.07, 6.45) is 6.37. The highest BCUT2D eigenvalue weighted by Gasteiger charge is 2.53. The van der Waals surface area contributed by atoms with E-state index in [9.17, 15) is 34.7 Å². The van der Waals surface area contributed by atoms with Crippen LogP contribution in [0, 0.1) is 16.0 Å². The van der Waals surface area contributed by atoms with Gasteiger partial charge in [-0.15, -0.1) is 0 Å². The minimum Gasteiger partial charge on any atom is -0.394 e. The van der Waals surface area contributed by atoms with Crippen molar-refractivity contribution in [3.8, 4) is 5.69 Å². The molecule has 6 rings (SSSR count). The standard InChI is InChI=1S/C34H33N5O7/c1-22(6-4-10-31(41)36-17-5-8-27(36)21-40)34(44)29-18-26(39(45)46)15-16-30(29)37(33(34)43)20-23-11-13-25(14-12-23)38-32(42)28-9-3-2-7-24(28)19-35-38/h2-4,6-7,9,11-16,18-19,22,27,40,44H,5,8,10,17,20-21H2,1H3/b6-4+/t22-,27-,34+/m0/s1. The van der Waals surface area contributed by atoms with Crippen molar-refractivity contribution in [2.24, 2.45) is 5.92 Å². The second-order valence-corrected chi connectivity index (χ2v) is 11.7. The third-order valence-corrected chi connectivity index (χ3v) is 8.97. The summed E-state index contributed by atoms with van der Waals surface area (Å²) in [5, 5.41) is 38.7. The summed E-state index contributed by atoms with van der Waals surface area (Å²) in [6.45, 7) is 2.14. The van der Waals surface area contributed by atoms with Crippen molar-refractivity contribution in [2.45, 2.75) is 44.4 Å². The van der Waals surface area contributed by atoms with Crippen molar-refractivity contribution in [1.82, 2.24) is 14.7 Å². The van der Waals surface area contributed by atoms with Crippen LogP contribution in [-0.4, -0.2) is 60.8 Å². The van der Waals surface area contributed by atoms with Crippen LogP contribution in [0.15, 0.2) is 89.9 Å². The molecule has 1 fully saturated rings. The molecule has 0 aliphatic carbocycles. The van der Waals surface area contributed by atoms with Crippen molar-refractivity contribution in [1.29, 1.82) is 0 Å². The highest BCUT2D eigenvalue weighted by atomic mass is 16.6. The van der Waals surface area contributed by atoms with Crippen molar-refractivity contribution in [3.63, 3.8) is 0 Å². The van der Waals surface area contributed by atoms with Crippen LogP contribution in [0.25, 0.3) is 16.5 Å². The van der Waals surface area contributed by atoms with E-state index in [0.29, 0.717) is 28.9 Å². The van der Waals surface area contributed by atoms with Gasteiger partial charge in [-0.1, -0.05) is 49.4 Å². The number of aliphatic hydroxyl groups is 2. The number of hydrogen-bond acceptors (Lipinski definition) is 8. The maximum Gasteiger partial charge on any atom is 0.279 e.